The average molecular weight is 210 g/mol. The van der Waals surface area contributed by atoms with Crippen LogP contribution < -0.4 is 5.73 Å². The summed E-state index contributed by atoms with van der Waals surface area (Å²) in [6, 6.07) is 1.76. The normalized spacial score (nSPS) is 10.4. The Hall–Kier alpha value is -1.46. The Morgan fingerprint density at radius 2 is 2.36 bits per heavy atom. The maximum absolute atomic E-state index is 5.72. The molecule has 0 aliphatic rings. The van der Waals surface area contributed by atoms with Crippen LogP contribution >= 0.6 is 11.6 Å². The number of hydrogen-bond donors (Lipinski definition) is 1. The van der Waals surface area contributed by atoms with Crippen LogP contribution in [-0.4, -0.2) is 19.7 Å². The molecule has 0 atom stereocenters. The molecule has 0 unspecified atom stereocenters. The van der Waals surface area contributed by atoms with Crippen molar-refractivity contribution in [3.05, 3.63) is 35.4 Å². The van der Waals surface area contributed by atoms with Crippen LogP contribution in [0.1, 0.15) is 5.69 Å². The standard InChI is InChI=1S/C8H8ClN5/c9-6-4-12-14(5-6)8-11-2-1-7(3-10)13-8/h1-2,4-5H,3,10H2. The molecule has 2 aromatic heterocycles. The van der Waals surface area contributed by atoms with E-state index >= 15 is 0 Å². The van der Waals surface area contributed by atoms with Crippen molar-refractivity contribution in [3.8, 4) is 5.95 Å². The van der Waals surface area contributed by atoms with Crippen LogP contribution in [0, 0.1) is 0 Å². The molecule has 2 N–H and O–H groups in total. The summed E-state index contributed by atoms with van der Waals surface area (Å²) in [6.45, 7) is 0.379. The van der Waals surface area contributed by atoms with E-state index < -0.39 is 0 Å². The summed E-state index contributed by atoms with van der Waals surface area (Å²) in [4.78, 5) is 8.23. The summed E-state index contributed by atoms with van der Waals surface area (Å²) in [5.41, 5.74) is 6.22. The molecular formula is C8H8ClN5. The lowest BCUT2D eigenvalue weighted by atomic mass is 10.4. The molecule has 2 rings (SSSR count). The van der Waals surface area contributed by atoms with E-state index in [1.807, 2.05) is 0 Å². The molecule has 14 heavy (non-hydrogen) atoms. The molecule has 0 aromatic carbocycles. The van der Waals surface area contributed by atoms with E-state index in [0.717, 1.165) is 5.69 Å². The van der Waals surface area contributed by atoms with Crippen LogP contribution in [0.5, 0.6) is 0 Å². The van der Waals surface area contributed by atoms with Gasteiger partial charge < -0.3 is 5.73 Å². The van der Waals surface area contributed by atoms with Gasteiger partial charge in [-0.2, -0.15) is 5.10 Å². The minimum Gasteiger partial charge on any atom is -0.325 e. The van der Waals surface area contributed by atoms with Crippen LogP contribution in [0.25, 0.3) is 5.95 Å². The highest BCUT2D eigenvalue weighted by Gasteiger charge is 2.02. The number of nitrogens with zero attached hydrogens (tertiary/aromatic N) is 4. The van der Waals surface area contributed by atoms with Gasteiger partial charge in [0.15, 0.2) is 0 Å². The van der Waals surface area contributed by atoms with Gasteiger partial charge in [-0.05, 0) is 6.07 Å². The van der Waals surface area contributed by atoms with Crippen molar-refractivity contribution >= 4 is 11.6 Å². The highest BCUT2D eigenvalue weighted by Crippen LogP contribution is 2.08. The van der Waals surface area contributed by atoms with Gasteiger partial charge >= 0.3 is 0 Å². The lowest BCUT2D eigenvalue weighted by Crippen LogP contribution is -2.06. The van der Waals surface area contributed by atoms with Crippen LogP contribution in [0.3, 0.4) is 0 Å². The second kappa shape index (κ2) is 3.73. The predicted molar refractivity (Wildman–Crippen MR) is 52.1 cm³/mol. The zero-order chi connectivity index (χ0) is 9.97. The SMILES string of the molecule is NCc1ccnc(-n2cc(Cl)cn2)n1. The smallest absolute Gasteiger partial charge is 0.250 e. The molecule has 0 spiro atoms. The molecule has 2 aromatic rings. The molecule has 6 heteroatoms. The van der Waals surface area contributed by atoms with E-state index in [4.69, 9.17) is 17.3 Å². The number of rotatable bonds is 2. The van der Waals surface area contributed by atoms with Crippen molar-refractivity contribution in [2.45, 2.75) is 6.54 Å². The molecule has 0 aliphatic heterocycles. The maximum Gasteiger partial charge on any atom is 0.250 e. The second-order valence-corrected chi connectivity index (χ2v) is 3.09. The number of nitrogens with two attached hydrogens (primary N) is 1. The predicted octanol–water partition coefficient (Wildman–Crippen LogP) is 0.774. The summed E-state index contributed by atoms with van der Waals surface area (Å²) in [6.07, 6.45) is 4.80. The fourth-order valence-corrected chi connectivity index (χ4v) is 1.15. The first-order valence-corrected chi connectivity index (χ1v) is 4.40. The second-order valence-electron chi connectivity index (χ2n) is 2.66. The number of aromatic nitrogens is 4. The molecule has 0 saturated heterocycles. The Morgan fingerprint density at radius 3 is 3.00 bits per heavy atom. The molecule has 0 amide bonds. The Kier molecular flexibility index (Phi) is 2.43. The van der Waals surface area contributed by atoms with Gasteiger partial charge in [-0.15, -0.1) is 0 Å². The molecule has 72 valence electrons. The Morgan fingerprint density at radius 1 is 1.50 bits per heavy atom. The summed E-state index contributed by atoms with van der Waals surface area (Å²) < 4.78 is 1.50. The van der Waals surface area contributed by atoms with Crippen LogP contribution in [-0.2, 0) is 6.54 Å². The first-order valence-electron chi connectivity index (χ1n) is 4.02. The molecule has 0 bridgehead atoms. The van der Waals surface area contributed by atoms with E-state index in [-0.39, 0.29) is 0 Å². The van der Waals surface area contributed by atoms with Crippen molar-refractivity contribution in [1.82, 2.24) is 19.7 Å². The molecule has 5 nitrogen and oxygen atoms in total. The lowest BCUT2D eigenvalue weighted by molar-refractivity contribution is 0.790. The van der Waals surface area contributed by atoms with Crippen molar-refractivity contribution < 1.29 is 0 Å². The fourth-order valence-electron chi connectivity index (χ4n) is 1.02. The van der Waals surface area contributed by atoms with Crippen molar-refractivity contribution in [3.63, 3.8) is 0 Å². The third-order valence-corrected chi connectivity index (χ3v) is 1.86. The van der Waals surface area contributed by atoms with Gasteiger partial charge in [0.05, 0.1) is 23.1 Å². The summed E-state index contributed by atoms with van der Waals surface area (Å²) in [5, 5.41) is 4.53. The Labute approximate surface area is 85.5 Å². The van der Waals surface area contributed by atoms with Gasteiger partial charge in [0, 0.05) is 12.7 Å². The summed E-state index contributed by atoms with van der Waals surface area (Å²) in [5.74, 6) is 0.472. The van der Waals surface area contributed by atoms with Crippen LogP contribution in [0.4, 0.5) is 0 Å². The minimum absolute atomic E-state index is 0.379. The molecule has 2 heterocycles. The van der Waals surface area contributed by atoms with Gasteiger partial charge in [-0.25, -0.2) is 14.6 Å². The Bertz CT molecular complexity index is 439. The minimum atomic E-state index is 0.379. The third kappa shape index (κ3) is 1.73. The third-order valence-electron chi connectivity index (χ3n) is 1.67. The van der Waals surface area contributed by atoms with E-state index in [1.165, 1.54) is 10.9 Å². The summed E-state index contributed by atoms with van der Waals surface area (Å²) >= 11 is 5.72. The number of hydrogen-bond acceptors (Lipinski definition) is 4. The molecular weight excluding hydrogens is 202 g/mol. The van der Waals surface area contributed by atoms with Gasteiger partial charge in [0.1, 0.15) is 0 Å². The van der Waals surface area contributed by atoms with E-state index in [9.17, 15) is 0 Å². The topological polar surface area (TPSA) is 69.6 Å². The zero-order valence-electron chi connectivity index (χ0n) is 7.26. The summed E-state index contributed by atoms with van der Waals surface area (Å²) in [7, 11) is 0. The van der Waals surface area contributed by atoms with Crippen molar-refractivity contribution in [1.29, 1.82) is 0 Å². The van der Waals surface area contributed by atoms with Crippen LogP contribution in [0.2, 0.25) is 5.02 Å². The highest BCUT2D eigenvalue weighted by atomic mass is 35.5. The maximum atomic E-state index is 5.72. The van der Waals surface area contributed by atoms with Gasteiger partial charge in [0.25, 0.3) is 5.95 Å². The largest absolute Gasteiger partial charge is 0.325 e. The molecule has 0 aliphatic carbocycles. The Balaban J connectivity index is 2.41. The van der Waals surface area contributed by atoms with E-state index in [2.05, 4.69) is 15.1 Å². The van der Waals surface area contributed by atoms with Gasteiger partial charge in [-0.1, -0.05) is 11.6 Å². The fraction of sp³-hybridized carbons (Fsp3) is 0.125. The van der Waals surface area contributed by atoms with Crippen LogP contribution in [0.15, 0.2) is 24.7 Å². The number of halogens is 1. The van der Waals surface area contributed by atoms with Gasteiger partial charge in [-0.3, -0.25) is 0 Å². The first-order chi connectivity index (χ1) is 6.79. The molecule has 0 radical (unpaired) electrons. The zero-order valence-corrected chi connectivity index (χ0v) is 8.02. The lowest BCUT2D eigenvalue weighted by Gasteiger charge is -2.00. The van der Waals surface area contributed by atoms with Crippen molar-refractivity contribution in [2.24, 2.45) is 5.73 Å². The van der Waals surface area contributed by atoms with Gasteiger partial charge in [0.2, 0.25) is 0 Å². The monoisotopic (exact) mass is 209 g/mol. The quantitative estimate of drug-likeness (QED) is 0.794. The highest BCUT2D eigenvalue weighted by molar-refractivity contribution is 6.30. The first kappa shape index (κ1) is 9.11. The van der Waals surface area contributed by atoms with E-state index in [0.29, 0.717) is 17.5 Å². The average Bonchev–Trinajstić information content (AvgIpc) is 2.65. The molecule has 0 saturated carbocycles. The van der Waals surface area contributed by atoms with E-state index in [1.54, 1.807) is 18.5 Å². The van der Waals surface area contributed by atoms with Crippen molar-refractivity contribution in [2.75, 3.05) is 0 Å². The molecule has 0 fully saturated rings.